The first-order chi connectivity index (χ1) is 15.8. The molecule has 1 amide bonds. The highest BCUT2D eigenvalue weighted by Gasteiger charge is 2.18. The Morgan fingerprint density at radius 1 is 1.18 bits per heavy atom. The number of alkyl halides is 2. The molecule has 0 spiro atoms. The van der Waals surface area contributed by atoms with E-state index in [1.807, 2.05) is 17.9 Å². The van der Waals surface area contributed by atoms with Crippen LogP contribution in [-0.4, -0.2) is 41.8 Å². The second kappa shape index (κ2) is 9.50. The van der Waals surface area contributed by atoms with E-state index in [2.05, 4.69) is 10.3 Å². The second-order valence-electron chi connectivity index (χ2n) is 7.87. The number of hydrogen-bond acceptors (Lipinski definition) is 5. The number of pyridine rings is 2. The smallest absolute Gasteiger partial charge is 0.273 e. The van der Waals surface area contributed by atoms with Crippen molar-refractivity contribution in [3.8, 4) is 11.1 Å². The van der Waals surface area contributed by atoms with Gasteiger partial charge in [-0.3, -0.25) is 14.6 Å². The number of rotatable bonds is 5. The van der Waals surface area contributed by atoms with Gasteiger partial charge in [-0.1, -0.05) is 12.1 Å². The number of benzene rings is 1. The Morgan fingerprint density at radius 2 is 1.94 bits per heavy atom. The van der Waals surface area contributed by atoms with Crippen molar-refractivity contribution in [1.82, 2.24) is 9.55 Å². The molecule has 9 heteroatoms. The maximum atomic E-state index is 13.0. The number of halogens is 2. The molecule has 0 unspecified atom stereocenters. The van der Waals surface area contributed by atoms with E-state index < -0.39 is 12.3 Å². The zero-order valence-electron chi connectivity index (χ0n) is 18.3. The molecular weight excluding hydrogens is 430 g/mol. The molecule has 4 rings (SSSR count). The first-order valence-electron chi connectivity index (χ1n) is 10.5. The van der Waals surface area contributed by atoms with E-state index in [0.717, 1.165) is 5.56 Å². The number of ether oxygens (including phenoxy) is 1. The number of anilines is 2. The minimum absolute atomic E-state index is 0.112. The molecule has 172 valence electrons. The van der Waals surface area contributed by atoms with Crippen LogP contribution < -0.4 is 15.8 Å². The lowest BCUT2D eigenvalue weighted by molar-refractivity contribution is 0.102. The molecule has 0 aliphatic carbocycles. The Labute approximate surface area is 189 Å². The summed E-state index contributed by atoms with van der Waals surface area (Å²) in [6, 6.07) is 9.06. The van der Waals surface area contributed by atoms with E-state index >= 15 is 0 Å². The summed E-state index contributed by atoms with van der Waals surface area (Å²) in [5.41, 5.74) is 2.98. The van der Waals surface area contributed by atoms with Crippen LogP contribution in [0, 0.1) is 6.92 Å². The van der Waals surface area contributed by atoms with E-state index in [1.54, 1.807) is 25.4 Å². The Bertz CT molecular complexity index is 1240. The predicted molar refractivity (Wildman–Crippen MR) is 122 cm³/mol. The minimum Gasteiger partial charge on any atom is -0.378 e. The molecule has 0 saturated carbocycles. The number of aryl methyl sites for hydroxylation is 2. The fraction of sp³-hybridized carbons (Fsp3) is 0.292. The lowest BCUT2D eigenvalue weighted by atomic mass is 10.0. The third kappa shape index (κ3) is 4.93. The van der Waals surface area contributed by atoms with Crippen molar-refractivity contribution in [3.05, 3.63) is 76.0 Å². The Kier molecular flexibility index (Phi) is 6.50. The van der Waals surface area contributed by atoms with Gasteiger partial charge in [-0.15, -0.1) is 0 Å². The summed E-state index contributed by atoms with van der Waals surface area (Å²) in [5, 5.41) is 2.65. The van der Waals surface area contributed by atoms with E-state index in [1.165, 1.54) is 29.0 Å². The van der Waals surface area contributed by atoms with Crippen molar-refractivity contribution in [2.24, 2.45) is 7.05 Å². The zero-order valence-corrected chi connectivity index (χ0v) is 18.3. The van der Waals surface area contributed by atoms with E-state index in [4.69, 9.17) is 4.74 Å². The van der Waals surface area contributed by atoms with Crippen LogP contribution in [0.5, 0.6) is 0 Å². The van der Waals surface area contributed by atoms with Crippen molar-refractivity contribution in [2.75, 3.05) is 36.5 Å². The third-order valence-corrected chi connectivity index (χ3v) is 5.57. The Hall–Kier alpha value is -3.59. The largest absolute Gasteiger partial charge is 0.378 e. The predicted octanol–water partition coefficient (Wildman–Crippen LogP) is 3.78. The van der Waals surface area contributed by atoms with Gasteiger partial charge in [-0.2, -0.15) is 0 Å². The van der Waals surface area contributed by atoms with E-state index in [9.17, 15) is 18.4 Å². The highest BCUT2D eigenvalue weighted by Crippen LogP contribution is 2.27. The van der Waals surface area contributed by atoms with Crippen LogP contribution in [-0.2, 0) is 11.8 Å². The molecule has 1 aliphatic rings. The molecule has 2 aromatic heterocycles. The van der Waals surface area contributed by atoms with Crippen LogP contribution in [0.4, 0.5) is 20.2 Å². The number of nitrogens with zero attached hydrogens (tertiary/aromatic N) is 3. The van der Waals surface area contributed by atoms with Gasteiger partial charge in [0.25, 0.3) is 17.9 Å². The average Bonchev–Trinajstić information content (AvgIpc) is 2.81. The second-order valence-corrected chi connectivity index (χ2v) is 7.87. The molecule has 3 aromatic rings. The maximum Gasteiger partial charge on any atom is 0.273 e. The third-order valence-electron chi connectivity index (χ3n) is 5.57. The number of hydrogen-bond donors (Lipinski definition) is 1. The molecule has 0 atom stereocenters. The average molecular weight is 454 g/mol. The van der Waals surface area contributed by atoms with Crippen molar-refractivity contribution >= 4 is 17.3 Å². The highest BCUT2D eigenvalue weighted by atomic mass is 19.3. The van der Waals surface area contributed by atoms with Gasteiger partial charge in [0.05, 0.1) is 18.8 Å². The van der Waals surface area contributed by atoms with Gasteiger partial charge in [0, 0.05) is 60.6 Å². The summed E-state index contributed by atoms with van der Waals surface area (Å²) < 4.78 is 32.8. The first-order valence-corrected chi connectivity index (χ1v) is 10.5. The number of amides is 1. The molecule has 1 N–H and O–H groups in total. The van der Waals surface area contributed by atoms with E-state index in [-0.39, 0.29) is 22.4 Å². The summed E-state index contributed by atoms with van der Waals surface area (Å²) >= 11 is 0. The van der Waals surface area contributed by atoms with Gasteiger partial charge >= 0.3 is 0 Å². The topological polar surface area (TPSA) is 76.5 Å². The van der Waals surface area contributed by atoms with Crippen molar-refractivity contribution in [2.45, 2.75) is 13.3 Å². The molecule has 0 radical (unpaired) electrons. The molecule has 1 saturated heterocycles. The SMILES string of the molecule is Cc1ncc(C(=O)Nc2cccc(C(F)F)c2)cc1-c1cc(N2CCOCC2)c(=O)n(C)c1. The molecule has 7 nitrogen and oxygen atoms in total. The number of morpholine rings is 1. The fourth-order valence-electron chi connectivity index (χ4n) is 3.78. The molecule has 3 heterocycles. The van der Waals surface area contributed by atoms with E-state index in [0.29, 0.717) is 43.2 Å². The van der Waals surface area contributed by atoms with Crippen molar-refractivity contribution in [1.29, 1.82) is 0 Å². The summed E-state index contributed by atoms with van der Waals surface area (Å²) in [6.07, 6.45) is 0.528. The van der Waals surface area contributed by atoms with Crippen LogP contribution in [0.3, 0.4) is 0 Å². The standard InChI is InChI=1S/C24H24F2N4O3/c1-15-20(18-12-21(24(32)29(2)14-18)30-6-8-33-9-7-30)11-17(13-27-15)23(31)28-19-5-3-4-16(10-19)22(25)26/h3-5,10-14,22H,6-9H2,1-2H3,(H,28,31). The van der Waals surface area contributed by atoms with Gasteiger partial charge in [0.1, 0.15) is 5.69 Å². The normalized spacial score (nSPS) is 13.9. The van der Waals surface area contributed by atoms with Gasteiger partial charge in [0.2, 0.25) is 0 Å². The maximum absolute atomic E-state index is 13.0. The van der Waals surface area contributed by atoms with Crippen molar-refractivity contribution in [3.63, 3.8) is 0 Å². The molecule has 1 aromatic carbocycles. The quantitative estimate of drug-likeness (QED) is 0.635. The summed E-state index contributed by atoms with van der Waals surface area (Å²) in [6.45, 7) is 4.17. The summed E-state index contributed by atoms with van der Waals surface area (Å²) in [7, 11) is 1.69. The minimum atomic E-state index is -2.63. The highest BCUT2D eigenvalue weighted by molar-refractivity contribution is 6.04. The van der Waals surface area contributed by atoms with Gasteiger partial charge in [0.15, 0.2) is 0 Å². The van der Waals surface area contributed by atoms with Gasteiger partial charge in [-0.25, -0.2) is 8.78 Å². The molecular formula is C24H24F2N4O3. The number of carbonyl (C=O) groups excluding carboxylic acids is 1. The fourth-order valence-corrected chi connectivity index (χ4v) is 3.78. The number of nitrogens with one attached hydrogen (secondary N) is 1. The molecule has 0 bridgehead atoms. The Morgan fingerprint density at radius 3 is 2.67 bits per heavy atom. The van der Waals surface area contributed by atoms with Gasteiger partial charge < -0.3 is 19.5 Å². The van der Waals surface area contributed by atoms with Crippen LogP contribution in [0.2, 0.25) is 0 Å². The molecule has 1 fully saturated rings. The van der Waals surface area contributed by atoms with Gasteiger partial charge in [-0.05, 0) is 31.2 Å². The number of carbonyl (C=O) groups is 1. The molecule has 33 heavy (non-hydrogen) atoms. The summed E-state index contributed by atoms with van der Waals surface area (Å²) in [5.74, 6) is -0.464. The molecule has 1 aliphatic heterocycles. The lowest BCUT2D eigenvalue weighted by Crippen LogP contribution is -2.40. The van der Waals surface area contributed by atoms with Crippen LogP contribution >= 0.6 is 0 Å². The zero-order chi connectivity index (χ0) is 23.5. The van der Waals surface area contributed by atoms with Crippen LogP contribution in [0.25, 0.3) is 11.1 Å². The summed E-state index contributed by atoms with van der Waals surface area (Å²) in [4.78, 5) is 31.9. The first kappa shape index (κ1) is 22.6. The Balaban J connectivity index is 1.66. The van der Waals surface area contributed by atoms with Crippen LogP contribution in [0.15, 0.2) is 53.6 Å². The van der Waals surface area contributed by atoms with Crippen LogP contribution in [0.1, 0.15) is 28.0 Å². The monoisotopic (exact) mass is 454 g/mol. The number of aromatic nitrogens is 2. The lowest BCUT2D eigenvalue weighted by Gasteiger charge is -2.28. The van der Waals surface area contributed by atoms with Crippen molar-refractivity contribution < 1.29 is 18.3 Å².